The molecule has 2 aromatic rings. The maximum atomic E-state index is 13.0. The molecular weight excluding hydrogens is 322 g/mol. The topological polar surface area (TPSA) is 63.9 Å². The second-order valence-corrected chi connectivity index (χ2v) is 7.54. The molecule has 0 saturated heterocycles. The average molecular weight is 347 g/mol. The molecule has 1 atom stereocenters. The summed E-state index contributed by atoms with van der Waals surface area (Å²) in [7, 11) is 0. The summed E-state index contributed by atoms with van der Waals surface area (Å²) in [5, 5.41) is 12.3. The Bertz CT molecular complexity index is 661. The second-order valence-electron chi connectivity index (χ2n) is 6.46. The minimum absolute atomic E-state index is 0.0830. The van der Waals surface area contributed by atoms with E-state index in [0.29, 0.717) is 18.2 Å². The van der Waals surface area contributed by atoms with E-state index >= 15 is 0 Å². The fourth-order valence-electron chi connectivity index (χ4n) is 2.37. The molecule has 1 heterocycles. The van der Waals surface area contributed by atoms with Gasteiger partial charge in [0.1, 0.15) is 5.25 Å². The highest BCUT2D eigenvalue weighted by Crippen LogP contribution is 2.36. The van der Waals surface area contributed by atoms with Crippen LogP contribution >= 0.6 is 11.8 Å². The van der Waals surface area contributed by atoms with Crippen LogP contribution in [0.4, 0.5) is 0 Å². The molecule has 24 heavy (non-hydrogen) atoms. The highest BCUT2D eigenvalue weighted by atomic mass is 32.2. The molecular formula is C17H25N5OS. The van der Waals surface area contributed by atoms with E-state index in [2.05, 4.69) is 15.5 Å². The van der Waals surface area contributed by atoms with E-state index in [4.69, 9.17) is 0 Å². The Hall–Kier alpha value is -1.89. The van der Waals surface area contributed by atoms with Crippen molar-refractivity contribution in [2.45, 2.75) is 50.6 Å². The van der Waals surface area contributed by atoms with Crippen LogP contribution in [0, 0.1) is 0 Å². The van der Waals surface area contributed by atoms with Gasteiger partial charge in [-0.1, -0.05) is 42.1 Å². The Balaban J connectivity index is 2.38. The van der Waals surface area contributed by atoms with Crippen molar-refractivity contribution < 1.29 is 4.79 Å². The Morgan fingerprint density at radius 2 is 1.83 bits per heavy atom. The maximum absolute atomic E-state index is 13.0. The quantitative estimate of drug-likeness (QED) is 0.751. The van der Waals surface area contributed by atoms with Crippen LogP contribution in [0.2, 0.25) is 0 Å². The van der Waals surface area contributed by atoms with Gasteiger partial charge in [0.2, 0.25) is 11.1 Å². The molecule has 1 amide bonds. The lowest BCUT2D eigenvalue weighted by atomic mass is 10.1. The molecule has 0 bridgehead atoms. The van der Waals surface area contributed by atoms with Crippen LogP contribution in [0.3, 0.4) is 0 Å². The molecule has 2 rings (SSSR count). The molecule has 1 aromatic heterocycles. The number of hydrogen-bond donors (Lipinski definition) is 0. The molecule has 130 valence electrons. The summed E-state index contributed by atoms with van der Waals surface area (Å²) in [6, 6.07) is 9.80. The van der Waals surface area contributed by atoms with Crippen molar-refractivity contribution >= 4 is 17.7 Å². The summed E-state index contributed by atoms with van der Waals surface area (Å²) in [6.45, 7) is 11.5. The van der Waals surface area contributed by atoms with Crippen LogP contribution in [0.1, 0.15) is 45.4 Å². The van der Waals surface area contributed by atoms with Crippen LogP contribution in [0.25, 0.3) is 0 Å². The Morgan fingerprint density at radius 3 is 2.38 bits per heavy atom. The lowest BCUT2D eigenvalue weighted by molar-refractivity contribution is -0.130. The van der Waals surface area contributed by atoms with Crippen LogP contribution in [0.5, 0.6) is 0 Å². The Kier molecular flexibility index (Phi) is 5.99. The molecule has 0 spiro atoms. The van der Waals surface area contributed by atoms with Crippen molar-refractivity contribution in [2.75, 3.05) is 13.1 Å². The smallest absolute Gasteiger partial charge is 0.240 e. The fraction of sp³-hybridized carbons (Fsp3) is 0.529. The molecule has 0 fully saturated rings. The first-order valence-electron chi connectivity index (χ1n) is 8.17. The number of carbonyl (C=O) groups excluding carboxylic acids is 1. The first-order valence-corrected chi connectivity index (χ1v) is 9.05. The van der Waals surface area contributed by atoms with E-state index < -0.39 is 0 Å². The molecule has 0 radical (unpaired) electrons. The van der Waals surface area contributed by atoms with Crippen molar-refractivity contribution in [3.05, 3.63) is 35.9 Å². The highest BCUT2D eigenvalue weighted by molar-refractivity contribution is 8.00. The first-order chi connectivity index (χ1) is 11.4. The lowest BCUT2D eigenvalue weighted by Gasteiger charge is -2.26. The zero-order valence-corrected chi connectivity index (χ0v) is 15.7. The van der Waals surface area contributed by atoms with E-state index in [9.17, 15) is 4.79 Å². The molecule has 0 aliphatic rings. The second kappa shape index (κ2) is 7.79. The van der Waals surface area contributed by atoms with Crippen LogP contribution in [-0.2, 0) is 10.3 Å². The van der Waals surface area contributed by atoms with Gasteiger partial charge < -0.3 is 4.90 Å². The van der Waals surface area contributed by atoms with Gasteiger partial charge in [0.15, 0.2) is 0 Å². The normalized spacial score (nSPS) is 12.9. The molecule has 1 aromatic carbocycles. The van der Waals surface area contributed by atoms with Crippen LogP contribution in [-0.4, -0.2) is 44.1 Å². The summed E-state index contributed by atoms with van der Waals surface area (Å²) in [5.74, 6) is 0.0830. The van der Waals surface area contributed by atoms with E-state index in [1.807, 2.05) is 69.9 Å². The maximum Gasteiger partial charge on any atom is 0.240 e. The number of nitrogens with zero attached hydrogens (tertiary/aromatic N) is 5. The van der Waals surface area contributed by atoms with Gasteiger partial charge in [0.05, 0.1) is 5.54 Å². The molecule has 1 unspecified atom stereocenters. The molecule has 7 heteroatoms. The number of amides is 1. The summed E-state index contributed by atoms with van der Waals surface area (Å²) in [4.78, 5) is 14.9. The summed E-state index contributed by atoms with van der Waals surface area (Å²) in [6.07, 6.45) is 0. The van der Waals surface area contributed by atoms with E-state index in [0.717, 1.165) is 5.56 Å². The summed E-state index contributed by atoms with van der Waals surface area (Å²) >= 11 is 1.40. The van der Waals surface area contributed by atoms with Gasteiger partial charge in [-0.3, -0.25) is 4.79 Å². The van der Waals surface area contributed by atoms with Crippen molar-refractivity contribution in [2.24, 2.45) is 0 Å². The number of benzene rings is 1. The number of carbonyl (C=O) groups is 1. The van der Waals surface area contributed by atoms with Crippen molar-refractivity contribution in [1.29, 1.82) is 0 Å². The fourth-order valence-corrected chi connectivity index (χ4v) is 3.62. The Labute approximate surface area is 147 Å². The predicted molar refractivity (Wildman–Crippen MR) is 95.8 cm³/mol. The van der Waals surface area contributed by atoms with Crippen molar-refractivity contribution in [1.82, 2.24) is 25.1 Å². The lowest BCUT2D eigenvalue weighted by Crippen LogP contribution is -2.34. The van der Waals surface area contributed by atoms with Crippen LogP contribution < -0.4 is 0 Å². The molecule has 0 aliphatic carbocycles. The number of likely N-dealkylation sites (N-methyl/N-ethyl adjacent to an activating group) is 1. The third-order valence-corrected chi connectivity index (χ3v) is 4.88. The summed E-state index contributed by atoms with van der Waals surface area (Å²) < 4.78 is 1.77. The van der Waals surface area contributed by atoms with E-state index in [1.165, 1.54) is 11.8 Å². The van der Waals surface area contributed by atoms with Gasteiger partial charge in [-0.2, -0.15) is 0 Å². The van der Waals surface area contributed by atoms with E-state index in [1.54, 1.807) is 4.68 Å². The minimum atomic E-state index is -0.363. The molecule has 0 saturated carbocycles. The first kappa shape index (κ1) is 18.4. The number of tetrazole rings is 1. The van der Waals surface area contributed by atoms with Gasteiger partial charge in [-0.25, -0.2) is 4.68 Å². The third-order valence-electron chi connectivity index (χ3n) is 3.70. The average Bonchev–Trinajstić information content (AvgIpc) is 3.03. The minimum Gasteiger partial charge on any atom is -0.342 e. The molecule has 0 aliphatic heterocycles. The monoisotopic (exact) mass is 347 g/mol. The zero-order valence-electron chi connectivity index (χ0n) is 14.9. The number of thioether (sulfide) groups is 1. The standard InChI is InChI=1S/C17H25N5OS/c1-6-21(7-2)15(23)14(13-11-9-8-10-12-13)24-16-18-19-20-22(16)17(3,4)5/h8-12,14H,6-7H2,1-5H3. The van der Waals surface area contributed by atoms with E-state index in [-0.39, 0.29) is 16.7 Å². The van der Waals surface area contributed by atoms with Crippen LogP contribution in [0.15, 0.2) is 35.5 Å². The number of rotatable bonds is 6. The SMILES string of the molecule is CCN(CC)C(=O)C(Sc1nnnn1C(C)(C)C)c1ccccc1. The van der Waals surface area contributed by atoms with Gasteiger partial charge in [-0.05, 0) is 50.6 Å². The van der Waals surface area contributed by atoms with Gasteiger partial charge in [-0.15, -0.1) is 5.10 Å². The third kappa shape index (κ3) is 4.14. The molecule has 0 N–H and O–H groups in total. The Morgan fingerprint density at radius 1 is 1.21 bits per heavy atom. The largest absolute Gasteiger partial charge is 0.342 e. The number of hydrogen-bond acceptors (Lipinski definition) is 5. The van der Waals surface area contributed by atoms with Crippen molar-refractivity contribution in [3.63, 3.8) is 0 Å². The zero-order chi connectivity index (χ0) is 17.7. The van der Waals surface area contributed by atoms with Crippen molar-refractivity contribution in [3.8, 4) is 0 Å². The molecule has 6 nitrogen and oxygen atoms in total. The van der Waals surface area contributed by atoms with Gasteiger partial charge in [0, 0.05) is 13.1 Å². The summed E-state index contributed by atoms with van der Waals surface area (Å²) in [5.41, 5.74) is 0.716. The van der Waals surface area contributed by atoms with Gasteiger partial charge >= 0.3 is 0 Å². The predicted octanol–water partition coefficient (Wildman–Crippen LogP) is 3.13. The highest BCUT2D eigenvalue weighted by Gasteiger charge is 2.29. The number of aromatic nitrogens is 4. The van der Waals surface area contributed by atoms with Gasteiger partial charge in [0.25, 0.3) is 0 Å².